The van der Waals surface area contributed by atoms with Crippen LogP contribution in [0, 0.1) is 5.92 Å². The van der Waals surface area contributed by atoms with Crippen LogP contribution >= 0.6 is 0 Å². The Bertz CT molecular complexity index is 389. The molecule has 1 heterocycles. The van der Waals surface area contributed by atoms with Gasteiger partial charge in [0.1, 0.15) is 6.23 Å². The number of hydrogen-bond acceptors (Lipinski definition) is 2. The monoisotopic (exact) mass is 247 g/mol. The summed E-state index contributed by atoms with van der Waals surface area (Å²) >= 11 is 0. The highest BCUT2D eigenvalue weighted by molar-refractivity contribution is 5.29. The van der Waals surface area contributed by atoms with Crippen molar-refractivity contribution in [1.29, 1.82) is 0 Å². The summed E-state index contributed by atoms with van der Waals surface area (Å²) in [4.78, 5) is 0. The molecule has 18 heavy (non-hydrogen) atoms. The van der Waals surface area contributed by atoms with E-state index in [9.17, 15) is 0 Å². The standard InChI is InChI=1S/C16H25NO/c1-11(2)15-17-10-14(18-15)12-6-8-13(9-7-12)16(3,4)5/h6-9,11,14-15,17H,10H2,1-5H3. The molecule has 1 fully saturated rings. The molecule has 100 valence electrons. The van der Waals surface area contributed by atoms with Gasteiger partial charge < -0.3 is 4.74 Å². The lowest BCUT2D eigenvalue weighted by Crippen LogP contribution is -2.27. The summed E-state index contributed by atoms with van der Waals surface area (Å²) in [6.45, 7) is 12.0. The topological polar surface area (TPSA) is 21.3 Å². The zero-order chi connectivity index (χ0) is 13.3. The maximum Gasteiger partial charge on any atom is 0.111 e. The smallest absolute Gasteiger partial charge is 0.111 e. The SMILES string of the molecule is CC(C)C1NCC(c2ccc(C(C)(C)C)cc2)O1. The van der Waals surface area contributed by atoms with Gasteiger partial charge in [0.15, 0.2) is 0 Å². The highest BCUT2D eigenvalue weighted by Crippen LogP contribution is 2.28. The van der Waals surface area contributed by atoms with Gasteiger partial charge in [-0.1, -0.05) is 58.9 Å². The van der Waals surface area contributed by atoms with E-state index in [1.54, 1.807) is 0 Å². The highest BCUT2D eigenvalue weighted by atomic mass is 16.5. The Morgan fingerprint density at radius 1 is 1.17 bits per heavy atom. The largest absolute Gasteiger partial charge is 0.354 e. The minimum absolute atomic E-state index is 0.192. The molecule has 1 N–H and O–H groups in total. The molecule has 0 radical (unpaired) electrons. The van der Waals surface area contributed by atoms with Crippen LogP contribution < -0.4 is 5.32 Å². The van der Waals surface area contributed by atoms with E-state index in [0.29, 0.717) is 5.92 Å². The Hall–Kier alpha value is -0.860. The van der Waals surface area contributed by atoms with Gasteiger partial charge in [-0.3, -0.25) is 5.32 Å². The van der Waals surface area contributed by atoms with E-state index in [2.05, 4.69) is 64.2 Å². The first-order valence-corrected chi connectivity index (χ1v) is 6.87. The molecule has 0 amide bonds. The molecule has 2 heteroatoms. The van der Waals surface area contributed by atoms with Gasteiger partial charge in [-0.05, 0) is 22.5 Å². The minimum Gasteiger partial charge on any atom is -0.354 e. The minimum atomic E-state index is 0.192. The van der Waals surface area contributed by atoms with Crippen LogP contribution in [-0.4, -0.2) is 12.8 Å². The van der Waals surface area contributed by atoms with Gasteiger partial charge in [0, 0.05) is 6.54 Å². The molecule has 0 aliphatic carbocycles. The molecule has 1 saturated heterocycles. The molecular weight excluding hydrogens is 222 g/mol. The number of ether oxygens (including phenoxy) is 1. The summed E-state index contributed by atoms with van der Waals surface area (Å²) in [5, 5.41) is 3.43. The molecule has 2 rings (SSSR count). The fourth-order valence-corrected chi connectivity index (χ4v) is 2.28. The molecule has 0 saturated carbocycles. The third kappa shape index (κ3) is 2.93. The number of hydrogen-bond donors (Lipinski definition) is 1. The van der Waals surface area contributed by atoms with Gasteiger partial charge >= 0.3 is 0 Å². The Balaban J connectivity index is 2.07. The van der Waals surface area contributed by atoms with Gasteiger partial charge in [0.25, 0.3) is 0 Å². The van der Waals surface area contributed by atoms with E-state index in [0.717, 1.165) is 6.54 Å². The Kier molecular flexibility index (Phi) is 3.79. The van der Waals surface area contributed by atoms with Crippen molar-refractivity contribution in [1.82, 2.24) is 5.32 Å². The second-order valence-corrected chi connectivity index (χ2v) is 6.57. The number of benzene rings is 1. The maximum atomic E-state index is 6.02. The zero-order valence-corrected chi connectivity index (χ0v) is 12.2. The maximum absolute atomic E-state index is 6.02. The van der Waals surface area contributed by atoms with Gasteiger partial charge in [0.2, 0.25) is 0 Å². The van der Waals surface area contributed by atoms with E-state index in [4.69, 9.17) is 4.74 Å². The molecule has 2 nitrogen and oxygen atoms in total. The van der Waals surface area contributed by atoms with E-state index >= 15 is 0 Å². The van der Waals surface area contributed by atoms with E-state index in [1.165, 1.54) is 11.1 Å². The molecule has 0 spiro atoms. The fourth-order valence-electron chi connectivity index (χ4n) is 2.28. The van der Waals surface area contributed by atoms with Crippen molar-refractivity contribution in [3.8, 4) is 0 Å². The lowest BCUT2D eigenvalue weighted by Gasteiger charge is -2.20. The summed E-state index contributed by atoms with van der Waals surface area (Å²) in [6.07, 6.45) is 0.392. The molecule has 0 bridgehead atoms. The highest BCUT2D eigenvalue weighted by Gasteiger charge is 2.27. The van der Waals surface area contributed by atoms with Crippen LogP contribution in [0.25, 0.3) is 0 Å². The summed E-state index contributed by atoms with van der Waals surface area (Å²) in [7, 11) is 0. The molecule has 1 aromatic rings. The van der Waals surface area contributed by atoms with Crippen LogP contribution in [0.4, 0.5) is 0 Å². The third-order valence-electron chi connectivity index (χ3n) is 3.57. The van der Waals surface area contributed by atoms with Crippen molar-refractivity contribution >= 4 is 0 Å². The van der Waals surface area contributed by atoms with E-state index < -0.39 is 0 Å². The van der Waals surface area contributed by atoms with Crippen LogP contribution in [0.3, 0.4) is 0 Å². The van der Waals surface area contributed by atoms with Gasteiger partial charge in [-0.15, -0.1) is 0 Å². The van der Waals surface area contributed by atoms with Crippen LogP contribution in [-0.2, 0) is 10.2 Å². The second kappa shape index (κ2) is 5.02. The number of nitrogens with one attached hydrogen (secondary N) is 1. The van der Waals surface area contributed by atoms with Crippen molar-refractivity contribution in [3.05, 3.63) is 35.4 Å². The average Bonchev–Trinajstić information content (AvgIpc) is 2.77. The molecule has 2 unspecified atom stereocenters. The van der Waals surface area contributed by atoms with Crippen LogP contribution in [0.5, 0.6) is 0 Å². The Labute approximate surface area is 111 Å². The molecule has 0 aromatic heterocycles. The van der Waals surface area contributed by atoms with Crippen LogP contribution in [0.1, 0.15) is 51.8 Å². The van der Waals surface area contributed by atoms with Crippen molar-refractivity contribution in [2.24, 2.45) is 5.92 Å². The zero-order valence-electron chi connectivity index (χ0n) is 12.2. The summed E-state index contributed by atoms with van der Waals surface area (Å²) in [5.74, 6) is 0.517. The lowest BCUT2D eigenvalue weighted by molar-refractivity contribution is 0.0136. The van der Waals surface area contributed by atoms with E-state index in [1.807, 2.05) is 0 Å². The van der Waals surface area contributed by atoms with Gasteiger partial charge in [-0.25, -0.2) is 0 Å². The summed E-state index contributed by atoms with van der Waals surface area (Å²) in [6, 6.07) is 8.86. The van der Waals surface area contributed by atoms with Gasteiger partial charge in [0.05, 0.1) is 6.10 Å². The van der Waals surface area contributed by atoms with Crippen LogP contribution in [0.15, 0.2) is 24.3 Å². The quantitative estimate of drug-likeness (QED) is 0.861. The summed E-state index contributed by atoms with van der Waals surface area (Å²) in [5.41, 5.74) is 2.87. The molecule has 2 atom stereocenters. The second-order valence-electron chi connectivity index (χ2n) is 6.57. The molecular formula is C16H25NO. The fraction of sp³-hybridized carbons (Fsp3) is 0.625. The van der Waals surface area contributed by atoms with Crippen molar-refractivity contribution in [2.75, 3.05) is 6.54 Å². The molecule has 1 aliphatic heterocycles. The first kappa shape index (κ1) is 13.6. The van der Waals surface area contributed by atoms with E-state index in [-0.39, 0.29) is 17.7 Å². The molecule has 1 aliphatic rings. The lowest BCUT2D eigenvalue weighted by atomic mass is 9.86. The first-order chi connectivity index (χ1) is 8.38. The Morgan fingerprint density at radius 3 is 2.22 bits per heavy atom. The average molecular weight is 247 g/mol. The van der Waals surface area contributed by atoms with Crippen molar-refractivity contribution in [3.63, 3.8) is 0 Å². The predicted octanol–water partition coefficient (Wildman–Crippen LogP) is 3.63. The third-order valence-corrected chi connectivity index (χ3v) is 3.57. The Morgan fingerprint density at radius 2 is 1.78 bits per heavy atom. The summed E-state index contributed by atoms with van der Waals surface area (Å²) < 4.78 is 6.02. The van der Waals surface area contributed by atoms with Crippen molar-refractivity contribution < 1.29 is 4.74 Å². The van der Waals surface area contributed by atoms with Gasteiger partial charge in [-0.2, -0.15) is 0 Å². The number of rotatable bonds is 2. The van der Waals surface area contributed by atoms with Crippen molar-refractivity contribution in [2.45, 2.75) is 52.4 Å². The first-order valence-electron chi connectivity index (χ1n) is 6.87. The molecule has 1 aromatic carbocycles. The predicted molar refractivity (Wildman–Crippen MR) is 75.6 cm³/mol. The van der Waals surface area contributed by atoms with Crippen LogP contribution in [0.2, 0.25) is 0 Å². The normalized spacial score (nSPS) is 24.8.